The number of benzene rings is 2. The van der Waals surface area contributed by atoms with E-state index >= 15 is 0 Å². The van der Waals surface area contributed by atoms with Crippen molar-refractivity contribution < 1.29 is 19.1 Å². The number of hydrogen-bond acceptors (Lipinski definition) is 5. The van der Waals surface area contributed by atoms with E-state index in [2.05, 4.69) is 6.92 Å². The minimum atomic E-state index is -0.478. The number of carbonyl (C=O) groups is 2. The number of aliphatic imine (C=N–C) groups is 1. The second kappa shape index (κ2) is 9.92. The van der Waals surface area contributed by atoms with Gasteiger partial charge in [-0.2, -0.15) is 0 Å². The Balaban J connectivity index is 1.72. The number of esters is 1. The molecular formula is C27H28ClNO4. The molecule has 4 rings (SSSR count). The van der Waals surface area contributed by atoms with Gasteiger partial charge in [-0.05, 0) is 61.1 Å². The van der Waals surface area contributed by atoms with Crippen LogP contribution in [-0.2, 0) is 14.3 Å². The molecule has 1 aliphatic carbocycles. The Morgan fingerprint density at radius 3 is 2.33 bits per heavy atom. The molecule has 5 nitrogen and oxygen atoms in total. The molecule has 0 saturated heterocycles. The van der Waals surface area contributed by atoms with Crippen molar-refractivity contribution in [3.05, 3.63) is 76.0 Å². The molecular weight excluding hydrogens is 438 g/mol. The highest BCUT2D eigenvalue weighted by molar-refractivity contribution is 6.30. The van der Waals surface area contributed by atoms with Crippen LogP contribution in [0.4, 0.5) is 0 Å². The fraction of sp³-hybridized carbons (Fsp3) is 0.370. The molecule has 0 aromatic heterocycles. The van der Waals surface area contributed by atoms with Crippen molar-refractivity contribution in [2.45, 2.75) is 44.9 Å². The third kappa shape index (κ3) is 4.74. The van der Waals surface area contributed by atoms with E-state index in [1.165, 1.54) is 7.11 Å². The highest BCUT2D eigenvalue weighted by Crippen LogP contribution is 2.46. The van der Waals surface area contributed by atoms with Gasteiger partial charge in [-0.25, -0.2) is 4.79 Å². The molecule has 3 atom stereocenters. The third-order valence-electron chi connectivity index (χ3n) is 6.41. The van der Waals surface area contributed by atoms with Crippen LogP contribution in [0, 0.1) is 5.92 Å². The van der Waals surface area contributed by atoms with Crippen molar-refractivity contribution in [2.75, 3.05) is 13.7 Å². The van der Waals surface area contributed by atoms with E-state index in [0.717, 1.165) is 29.0 Å². The average Bonchev–Trinajstić information content (AvgIpc) is 2.82. The fourth-order valence-corrected chi connectivity index (χ4v) is 5.00. The lowest BCUT2D eigenvalue weighted by molar-refractivity contribution is -0.136. The Kier molecular flexibility index (Phi) is 6.99. The summed E-state index contributed by atoms with van der Waals surface area (Å²) < 4.78 is 10.8. The summed E-state index contributed by atoms with van der Waals surface area (Å²) in [5.74, 6) is -0.451. The van der Waals surface area contributed by atoms with E-state index in [4.69, 9.17) is 26.1 Å². The lowest BCUT2D eigenvalue weighted by atomic mass is 9.66. The molecule has 1 heterocycles. The summed E-state index contributed by atoms with van der Waals surface area (Å²) >= 11 is 6.05. The zero-order chi connectivity index (χ0) is 23.5. The van der Waals surface area contributed by atoms with Gasteiger partial charge >= 0.3 is 5.97 Å². The second-order valence-electron chi connectivity index (χ2n) is 8.59. The first-order chi connectivity index (χ1) is 15.9. The van der Waals surface area contributed by atoms with Crippen LogP contribution in [0.15, 0.2) is 64.8 Å². The van der Waals surface area contributed by atoms with Gasteiger partial charge in [0.25, 0.3) is 0 Å². The van der Waals surface area contributed by atoms with Crippen LogP contribution in [0.25, 0.3) is 0 Å². The molecule has 0 bridgehead atoms. The number of hydrogen-bond donors (Lipinski definition) is 0. The van der Waals surface area contributed by atoms with E-state index in [1.807, 2.05) is 55.5 Å². The molecule has 0 spiro atoms. The minimum absolute atomic E-state index is 0.0442. The Morgan fingerprint density at radius 2 is 1.70 bits per heavy atom. The predicted octanol–water partition coefficient (Wildman–Crippen LogP) is 5.88. The SMILES string of the molecule is CCCOc1ccc([C@@H]2C(C(=O)OC)=C(C)N=C3C[C@@H](c4ccc(Cl)cc4)CC(=O)C32)cc1. The second-order valence-corrected chi connectivity index (χ2v) is 9.03. The molecule has 2 aliphatic rings. The molecule has 0 amide bonds. The van der Waals surface area contributed by atoms with Gasteiger partial charge < -0.3 is 9.47 Å². The number of allylic oxidation sites excluding steroid dienone is 1. The predicted molar refractivity (Wildman–Crippen MR) is 129 cm³/mol. The maximum atomic E-state index is 13.5. The molecule has 0 radical (unpaired) electrons. The number of methoxy groups -OCH3 is 1. The van der Waals surface area contributed by atoms with E-state index < -0.39 is 17.8 Å². The van der Waals surface area contributed by atoms with Gasteiger partial charge in [0.1, 0.15) is 11.5 Å². The van der Waals surface area contributed by atoms with Gasteiger partial charge in [-0.3, -0.25) is 9.79 Å². The molecule has 2 aromatic rings. The lowest BCUT2D eigenvalue weighted by Crippen LogP contribution is -2.41. The molecule has 1 saturated carbocycles. The number of carbonyl (C=O) groups excluding carboxylic acids is 2. The van der Waals surface area contributed by atoms with E-state index in [9.17, 15) is 9.59 Å². The van der Waals surface area contributed by atoms with E-state index in [0.29, 0.717) is 35.7 Å². The molecule has 0 N–H and O–H groups in total. The van der Waals surface area contributed by atoms with Crippen LogP contribution in [0.1, 0.15) is 56.1 Å². The summed E-state index contributed by atoms with van der Waals surface area (Å²) in [5, 5.41) is 0.668. The highest BCUT2D eigenvalue weighted by atomic mass is 35.5. The number of nitrogens with zero attached hydrogens (tertiary/aromatic N) is 1. The van der Waals surface area contributed by atoms with Gasteiger partial charge in [-0.15, -0.1) is 0 Å². The molecule has 1 aliphatic heterocycles. The number of ketones is 1. The average molecular weight is 466 g/mol. The molecule has 172 valence electrons. The first-order valence-electron chi connectivity index (χ1n) is 11.3. The molecule has 6 heteroatoms. The van der Waals surface area contributed by atoms with Gasteiger partial charge in [0.05, 0.1) is 25.2 Å². The van der Waals surface area contributed by atoms with Crippen molar-refractivity contribution in [3.63, 3.8) is 0 Å². The first kappa shape index (κ1) is 23.2. The van der Waals surface area contributed by atoms with Crippen LogP contribution in [0.3, 0.4) is 0 Å². The number of fused-ring (bicyclic) bond motifs is 1. The largest absolute Gasteiger partial charge is 0.494 e. The smallest absolute Gasteiger partial charge is 0.336 e. The maximum Gasteiger partial charge on any atom is 0.336 e. The normalized spacial score (nSPS) is 22.5. The Labute approximate surface area is 199 Å². The molecule has 1 unspecified atom stereocenters. The van der Waals surface area contributed by atoms with Crippen LogP contribution < -0.4 is 4.74 Å². The van der Waals surface area contributed by atoms with Crippen LogP contribution in [-0.4, -0.2) is 31.2 Å². The maximum absolute atomic E-state index is 13.5. The van der Waals surface area contributed by atoms with E-state index in [-0.39, 0.29) is 11.7 Å². The summed E-state index contributed by atoms with van der Waals surface area (Å²) in [5.41, 5.74) is 3.84. The number of ether oxygens (including phenoxy) is 2. The van der Waals surface area contributed by atoms with Crippen LogP contribution >= 0.6 is 11.6 Å². The fourth-order valence-electron chi connectivity index (χ4n) is 4.87. The van der Waals surface area contributed by atoms with Gasteiger partial charge in [0.2, 0.25) is 0 Å². The third-order valence-corrected chi connectivity index (χ3v) is 6.67. The summed E-state index contributed by atoms with van der Waals surface area (Å²) in [6.07, 6.45) is 1.98. The van der Waals surface area contributed by atoms with Crippen molar-refractivity contribution in [1.29, 1.82) is 0 Å². The van der Waals surface area contributed by atoms with Crippen LogP contribution in [0.5, 0.6) is 5.75 Å². The van der Waals surface area contributed by atoms with Crippen LogP contribution in [0.2, 0.25) is 5.02 Å². The summed E-state index contributed by atoms with van der Waals surface area (Å²) in [6.45, 7) is 4.51. The summed E-state index contributed by atoms with van der Waals surface area (Å²) in [6, 6.07) is 15.3. The standard InChI is InChI=1S/C27H28ClNO4/c1-4-13-33-21-11-7-18(8-12-21)25-24(27(31)32-3)16(2)29-22-14-19(15-23(30)26(22)25)17-5-9-20(28)10-6-17/h5-12,19,25-26H,4,13-15H2,1-3H3/t19-,25-,26?/m1/s1. The molecule has 2 aromatic carbocycles. The van der Waals surface area contributed by atoms with Crippen molar-refractivity contribution in [1.82, 2.24) is 0 Å². The van der Waals surface area contributed by atoms with Crippen molar-refractivity contribution in [3.8, 4) is 5.75 Å². The Hall–Kier alpha value is -2.92. The molecule has 1 fully saturated rings. The van der Waals surface area contributed by atoms with Crippen molar-refractivity contribution >= 4 is 29.1 Å². The number of Topliss-reactive ketones (excluding diaryl/α,β-unsaturated/α-hetero) is 1. The molecule has 33 heavy (non-hydrogen) atoms. The first-order valence-corrected chi connectivity index (χ1v) is 11.7. The summed E-state index contributed by atoms with van der Waals surface area (Å²) in [7, 11) is 1.36. The highest BCUT2D eigenvalue weighted by Gasteiger charge is 2.45. The quantitative estimate of drug-likeness (QED) is 0.500. The monoisotopic (exact) mass is 465 g/mol. The van der Waals surface area contributed by atoms with Gasteiger partial charge in [0.15, 0.2) is 0 Å². The number of halogens is 1. The van der Waals surface area contributed by atoms with E-state index in [1.54, 1.807) is 0 Å². The number of rotatable bonds is 6. The lowest BCUT2D eigenvalue weighted by Gasteiger charge is -2.38. The topological polar surface area (TPSA) is 65.0 Å². The summed E-state index contributed by atoms with van der Waals surface area (Å²) in [4.78, 5) is 31.1. The minimum Gasteiger partial charge on any atom is -0.494 e. The van der Waals surface area contributed by atoms with Gasteiger partial charge in [0, 0.05) is 28.8 Å². The zero-order valence-corrected chi connectivity index (χ0v) is 19.9. The van der Waals surface area contributed by atoms with Crippen molar-refractivity contribution in [2.24, 2.45) is 10.9 Å². The zero-order valence-electron chi connectivity index (χ0n) is 19.1. The Morgan fingerprint density at radius 1 is 1.03 bits per heavy atom. The van der Waals surface area contributed by atoms with Gasteiger partial charge in [-0.1, -0.05) is 42.8 Å². The Bertz CT molecular complexity index is 1100.